The highest BCUT2D eigenvalue weighted by atomic mass is 16.6. The zero-order valence-corrected chi connectivity index (χ0v) is 18.9. The first kappa shape index (κ1) is 23.9. The van der Waals surface area contributed by atoms with Gasteiger partial charge in [-0.2, -0.15) is 4.98 Å². The molecule has 13 nitrogen and oxygen atoms in total. The van der Waals surface area contributed by atoms with E-state index in [1.165, 1.54) is 24.3 Å². The van der Waals surface area contributed by atoms with Crippen molar-refractivity contribution in [3.63, 3.8) is 0 Å². The number of carbonyl (C=O) groups excluding carboxylic acids is 3. The monoisotopic (exact) mass is 484 g/mol. The van der Waals surface area contributed by atoms with E-state index >= 15 is 0 Å². The number of nitro groups is 1. The van der Waals surface area contributed by atoms with Gasteiger partial charge in [-0.15, -0.1) is 0 Å². The van der Waals surface area contributed by atoms with Gasteiger partial charge in [0.1, 0.15) is 5.82 Å². The third-order valence-electron chi connectivity index (χ3n) is 5.99. The molecule has 0 radical (unpaired) electrons. The molecule has 1 saturated heterocycles. The lowest BCUT2D eigenvalue weighted by molar-refractivity contribution is -0.384. The van der Waals surface area contributed by atoms with E-state index in [1.807, 2.05) is 0 Å². The Morgan fingerprint density at radius 2 is 2.03 bits per heavy atom. The predicted molar refractivity (Wildman–Crippen MR) is 124 cm³/mol. The molecular weight excluding hydrogens is 460 g/mol. The van der Waals surface area contributed by atoms with Crippen LogP contribution in [0.3, 0.4) is 0 Å². The van der Waals surface area contributed by atoms with Crippen molar-refractivity contribution in [2.75, 3.05) is 35.2 Å². The fourth-order valence-electron chi connectivity index (χ4n) is 4.25. The molecule has 35 heavy (non-hydrogen) atoms. The van der Waals surface area contributed by atoms with Crippen molar-refractivity contribution in [3.8, 4) is 0 Å². The van der Waals surface area contributed by atoms with Gasteiger partial charge in [0.25, 0.3) is 11.2 Å². The van der Waals surface area contributed by atoms with Gasteiger partial charge in [0.2, 0.25) is 17.8 Å². The van der Waals surface area contributed by atoms with E-state index in [1.54, 1.807) is 11.8 Å². The maximum atomic E-state index is 13.0. The van der Waals surface area contributed by atoms with Gasteiger partial charge in [-0.3, -0.25) is 34.3 Å². The molecule has 0 bridgehead atoms. The quantitative estimate of drug-likeness (QED) is 0.312. The number of nitrogens with one attached hydrogen (secondary N) is 3. The first-order chi connectivity index (χ1) is 16.8. The number of aromatic amines is 1. The number of carbonyl (C=O) groups is 3. The number of rotatable bonds is 6. The molecule has 0 unspecified atom stereocenters. The van der Waals surface area contributed by atoms with Gasteiger partial charge in [-0.25, -0.2) is 0 Å². The number of nitro benzene ring substituents is 1. The summed E-state index contributed by atoms with van der Waals surface area (Å²) < 4.78 is 5.07. The number of H-pyrrole nitrogens is 1. The van der Waals surface area contributed by atoms with Crippen LogP contribution in [0.5, 0.6) is 0 Å². The number of nitrogens with zero attached hydrogens (tertiary/aromatic N) is 3. The molecule has 0 aliphatic carbocycles. The van der Waals surface area contributed by atoms with Gasteiger partial charge in [0.15, 0.2) is 0 Å². The van der Waals surface area contributed by atoms with Crippen LogP contribution in [-0.2, 0) is 19.1 Å². The molecule has 1 aromatic heterocycles. The maximum Gasteiger partial charge on any atom is 0.309 e. The number of ether oxygens (including phenoxy) is 1. The van der Waals surface area contributed by atoms with E-state index in [0.717, 1.165) is 0 Å². The predicted octanol–water partition coefficient (Wildman–Crippen LogP) is 1.52. The topological polar surface area (TPSA) is 177 Å². The molecular formula is C22H24N6O7. The summed E-state index contributed by atoms with van der Waals surface area (Å²) in [5.41, 5.74) is -0.600. The Balaban J connectivity index is 1.54. The molecule has 2 aliphatic heterocycles. The highest BCUT2D eigenvalue weighted by Gasteiger charge is 2.36. The molecule has 1 atom stereocenters. The van der Waals surface area contributed by atoms with E-state index in [4.69, 9.17) is 4.74 Å². The van der Waals surface area contributed by atoms with Gasteiger partial charge in [-0.05, 0) is 25.8 Å². The molecule has 4 rings (SSSR count). The van der Waals surface area contributed by atoms with Gasteiger partial charge in [0.05, 0.1) is 28.9 Å². The lowest BCUT2D eigenvalue weighted by atomic mass is 9.92. The van der Waals surface area contributed by atoms with Crippen LogP contribution in [0.15, 0.2) is 29.1 Å². The van der Waals surface area contributed by atoms with Crippen LogP contribution >= 0.6 is 0 Å². The summed E-state index contributed by atoms with van der Waals surface area (Å²) in [5, 5.41) is 16.1. The first-order valence-electron chi connectivity index (χ1n) is 11.2. The molecule has 3 N–H and O–H groups in total. The molecule has 184 valence electrons. The number of hydrogen-bond donors (Lipinski definition) is 3. The SMILES string of the molecule is CCOC(=O)C1CCN(c2nc3c(c(=O)[nH]2)[C@@H](C(=O)Nc2cccc([N+](=O)[O-])c2)CC(=O)N3)CC1. The normalized spacial score (nSPS) is 17.8. The van der Waals surface area contributed by atoms with Crippen molar-refractivity contribution in [1.82, 2.24) is 9.97 Å². The Hall–Kier alpha value is -4.29. The molecule has 3 heterocycles. The lowest BCUT2D eigenvalue weighted by Crippen LogP contribution is -2.41. The molecule has 2 amide bonds. The number of aromatic nitrogens is 2. The van der Waals surface area contributed by atoms with Crippen molar-refractivity contribution in [1.29, 1.82) is 0 Å². The van der Waals surface area contributed by atoms with Crippen LogP contribution in [0.2, 0.25) is 0 Å². The molecule has 0 spiro atoms. The molecule has 0 saturated carbocycles. The van der Waals surface area contributed by atoms with Gasteiger partial charge in [0, 0.05) is 37.3 Å². The lowest BCUT2D eigenvalue weighted by Gasteiger charge is -2.32. The first-order valence-corrected chi connectivity index (χ1v) is 11.2. The molecule has 1 aromatic carbocycles. The van der Waals surface area contributed by atoms with E-state index in [9.17, 15) is 29.3 Å². The van der Waals surface area contributed by atoms with Crippen LogP contribution < -0.4 is 21.1 Å². The Kier molecular flexibility index (Phi) is 6.75. The van der Waals surface area contributed by atoms with Crippen LogP contribution in [0, 0.1) is 16.0 Å². The average Bonchev–Trinajstić information content (AvgIpc) is 2.83. The molecule has 13 heteroatoms. The highest BCUT2D eigenvalue weighted by molar-refractivity contribution is 6.04. The number of amides is 2. The van der Waals surface area contributed by atoms with E-state index in [2.05, 4.69) is 20.6 Å². The van der Waals surface area contributed by atoms with Crippen LogP contribution in [0.4, 0.5) is 23.1 Å². The standard InChI is InChI=1S/C22H24N6O7/c1-2-35-21(32)12-6-8-27(9-7-12)22-25-18-17(20(31)26-22)15(11-16(29)24-18)19(30)23-13-4-3-5-14(10-13)28(33)34/h3-5,10,12,15H,2,6-9,11H2,1H3,(H,23,30)(H2,24,25,26,29,31)/t15-/m0/s1. The van der Waals surface area contributed by atoms with E-state index < -0.39 is 28.2 Å². The van der Waals surface area contributed by atoms with Crippen LogP contribution in [-0.4, -0.2) is 52.4 Å². The maximum absolute atomic E-state index is 13.0. The van der Waals surface area contributed by atoms with Crippen molar-refractivity contribution < 1.29 is 24.0 Å². The number of piperidine rings is 1. The Labute approximate surface area is 199 Å². The van der Waals surface area contributed by atoms with Crippen molar-refractivity contribution in [2.24, 2.45) is 5.92 Å². The second-order valence-electron chi connectivity index (χ2n) is 8.27. The van der Waals surface area contributed by atoms with E-state index in [0.29, 0.717) is 32.5 Å². The van der Waals surface area contributed by atoms with Gasteiger partial charge in [-0.1, -0.05) is 6.07 Å². The van der Waals surface area contributed by atoms with Crippen molar-refractivity contribution >= 4 is 40.9 Å². The number of esters is 1. The fourth-order valence-corrected chi connectivity index (χ4v) is 4.25. The number of hydrogen-bond acceptors (Lipinski definition) is 9. The number of anilines is 3. The Morgan fingerprint density at radius 1 is 1.29 bits per heavy atom. The second-order valence-corrected chi connectivity index (χ2v) is 8.27. The third-order valence-corrected chi connectivity index (χ3v) is 5.99. The Morgan fingerprint density at radius 3 is 2.71 bits per heavy atom. The largest absolute Gasteiger partial charge is 0.466 e. The number of fused-ring (bicyclic) bond motifs is 1. The summed E-state index contributed by atoms with van der Waals surface area (Å²) in [4.78, 5) is 69.5. The molecule has 2 aromatic rings. The second kappa shape index (κ2) is 9.91. The smallest absolute Gasteiger partial charge is 0.309 e. The minimum atomic E-state index is -1.13. The van der Waals surface area contributed by atoms with Crippen molar-refractivity contribution in [2.45, 2.75) is 32.1 Å². The zero-order chi connectivity index (χ0) is 25.1. The van der Waals surface area contributed by atoms with Crippen LogP contribution in [0.1, 0.15) is 37.7 Å². The minimum Gasteiger partial charge on any atom is -0.466 e. The summed E-state index contributed by atoms with van der Waals surface area (Å²) in [5.74, 6) is -2.51. The summed E-state index contributed by atoms with van der Waals surface area (Å²) in [6.45, 7) is 2.97. The molecule has 2 aliphatic rings. The Bertz CT molecular complexity index is 1240. The van der Waals surface area contributed by atoms with Crippen LogP contribution in [0.25, 0.3) is 0 Å². The fraction of sp³-hybridized carbons (Fsp3) is 0.409. The molecule has 1 fully saturated rings. The average molecular weight is 484 g/mol. The van der Waals surface area contributed by atoms with Gasteiger partial charge >= 0.3 is 5.97 Å². The van der Waals surface area contributed by atoms with Crippen molar-refractivity contribution in [3.05, 3.63) is 50.3 Å². The zero-order valence-electron chi connectivity index (χ0n) is 18.9. The minimum absolute atomic E-state index is 0.00768. The summed E-state index contributed by atoms with van der Waals surface area (Å²) in [7, 11) is 0. The summed E-state index contributed by atoms with van der Waals surface area (Å²) in [6.07, 6.45) is 0.781. The third kappa shape index (κ3) is 5.13. The summed E-state index contributed by atoms with van der Waals surface area (Å²) >= 11 is 0. The van der Waals surface area contributed by atoms with Gasteiger partial charge < -0.3 is 20.3 Å². The summed E-state index contributed by atoms with van der Waals surface area (Å²) in [6, 6.07) is 5.36. The van der Waals surface area contributed by atoms with E-state index in [-0.39, 0.29) is 47.0 Å². The number of non-ortho nitro benzene ring substituents is 1. The highest BCUT2D eigenvalue weighted by Crippen LogP contribution is 2.31. The number of benzene rings is 1.